The maximum absolute atomic E-state index is 12.0. The number of pyridine rings is 1. The summed E-state index contributed by atoms with van der Waals surface area (Å²) < 4.78 is 26.4. The van der Waals surface area contributed by atoms with E-state index < -0.39 is 10.0 Å². The lowest BCUT2D eigenvalue weighted by atomic mass is 10.5. The van der Waals surface area contributed by atoms with Crippen LogP contribution in [-0.2, 0) is 16.6 Å². The Morgan fingerprint density at radius 2 is 2.22 bits per heavy atom. The summed E-state index contributed by atoms with van der Waals surface area (Å²) >= 11 is 1.45. The first-order valence-corrected chi connectivity index (χ1v) is 7.40. The summed E-state index contributed by atoms with van der Waals surface area (Å²) in [6, 6.07) is 2.72. The van der Waals surface area contributed by atoms with Crippen LogP contribution in [-0.4, -0.2) is 18.4 Å². The van der Waals surface area contributed by atoms with Crippen molar-refractivity contribution in [2.24, 2.45) is 0 Å². The molecule has 0 unspecified atom stereocenters. The molecule has 0 amide bonds. The van der Waals surface area contributed by atoms with Crippen LogP contribution in [0.2, 0.25) is 0 Å². The van der Waals surface area contributed by atoms with E-state index in [4.69, 9.17) is 5.73 Å². The second-order valence-corrected chi connectivity index (χ2v) is 6.67. The van der Waals surface area contributed by atoms with Gasteiger partial charge in [0.15, 0.2) is 0 Å². The van der Waals surface area contributed by atoms with Crippen LogP contribution in [0.25, 0.3) is 0 Å². The Bertz CT molecular complexity index is 651. The highest BCUT2D eigenvalue weighted by Gasteiger charge is 2.14. The van der Waals surface area contributed by atoms with E-state index in [9.17, 15) is 8.42 Å². The quantitative estimate of drug-likeness (QED) is 0.869. The van der Waals surface area contributed by atoms with Crippen LogP contribution in [0.1, 0.15) is 9.88 Å². The van der Waals surface area contributed by atoms with Gasteiger partial charge >= 0.3 is 0 Å². The third-order valence-electron chi connectivity index (χ3n) is 2.17. The van der Waals surface area contributed by atoms with Gasteiger partial charge in [0.1, 0.15) is 5.82 Å². The molecule has 0 saturated carbocycles. The number of nitrogens with one attached hydrogen (secondary N) is 1. The second kappa shape index (κ2) is 5.01. The van der Waals surface area contributed by atoms with Gasteiger partial charge in [0.25, 0.3) is 0 Å². The minimum atomic E-state index is -3.56. The second-order valence-electron chi connectivity index (χ2n) is 3.59. The Hall–Kier alpha value is -1.51. The van der Waals surface area contributed by atoms with Gasteiger partial charge in [0, 0.05) is 29.9 Å². The van der Waals surface area contributed by atoms with Gasteiger partial charge in [-0.25, -0.2) is 23.1 Å². The molecule has 0 bridgehead atoms. The molecule has 0 radical (unpaired) electrons. The van der Waals surface area contributed by atoms with Crippen molar-refractivity contribution in [3.63, 3.8) is 0 Å². The molecular weight excluding hydrogens is 272 g/mol. The van der Waals surface area contributed by atoms with Gasteiger partial charge in [-0.15, -0.1) is 11.3 Å². The molecule has 6 nitrogen and oxygen atoms in total. The lowest BCUT2D eigenvalue weighted by Gasteiger charge is -2.05. The van der Waals surface area contributed by atoms with E-state index in [0.29, 0.717) is 0 Å². The molecule has 0 aromatic carbocycles. The minimum absolute atomic E-state index is 0.108. The SMILES string of the molecule is Cc1ncc(CNS(=O)(=O)c2ccnc(N)c2)s1. The predicted molar refractivity (Wildman–Crippen MR) is 69.5 cm³/mol. The van der Waals surface area contributed by atoms with Crippen molar-refractivity contribution >= 4 is 27.2 Å². The zero-order chi connectivity index (χ0) is 13.2. The number of sulfonamides is 1. The van der Waals surface area contributed by atoms with Crippen LogP contribution in [0.3, 0.4) is 0 Å². The zero-order valence-electron chi connectivity index (χ0n) is 9.62. The van der Waals surface area contributed by atoms with E-state index >= 15 is 0 Å². The average Bonchev–Trinajstić information content (AvgIpc) is 2.73. The van der Waals surface area contributed by atoms with Crippen molar-refractivity contribution in [3.8, 4) is 0 Å². The maximum atomic E-state index is 12.0. The number of nitrogens with two attached hydrogens (primary N) is 1. The van der Waals surface area contributed by atoms with Crippen molar-refractivity contribution in [2.45, 2.75) is 18.4 Å². The largest absolute Gasteiger partial charge is 0.384 e. The summed E-state index contributed by atoms with van der Waals surface area (Å²) in [6.07, 6.45) is 3.02. The summed E-state index contributed by atoms with van der Waals surface area (Å²) in [5, 5.41) is 0.900. The first kappa shape index (κ1) is 12.9. The first-order chi connectivity index (χ1) is 8.47. The molecule has 0 aliphatic rings. The molecule has 0 atom stereocenters. The fraction of sp³-hybridized carbons (Fsp3) is 0.200. The highest BCUT2D eigenvalue weighted by atomic mass is 32.2. The fourth-order valence-corrected chi connectivity index (χ4v) is 3.19. The lowest BCUT2D eigenvalue weighted by molar-refractivity contribution is 0.581. The highest BCUT2D eigenvalue weighted by molar-refractivity contribution is 7.89. The molecule has 2 aromatic heterocycles. The van der Waals surface area contributed by atoms with Crippen molar-refractivity contribution in [1.29, 1.82) is 0 Å². The Morgan fingerprint density at radius 3 is 2.83 bits per heavy atom. The third kappa shape index (κ3) is 3.03. The molecule has 0 saturated heterocycles. The van der Waals surface area contributed by atoms with E-state index in [1.807, 2.05) is 6.92 Å². The number of nitrogen functional groups attached to an aromatic ring is 1. The maximum Gasteiger partial charge on any atom is 0.241 e. The van der Waals surface area contributed by atoms with Crippen LogP contribution in [0.4, 0.5) is 5.82 Å². The lowest BCUT2D eigenvalue weighted by Crippen LogP contribution is -2.23. The molecule has 18 heavy (non-hydrogen) atoms. The molecule has 0 aliphatic carbocycles. The smallest absolute Gasteiger partial charge is 0.241 e. The number of hydrogen-bond acceptors (Lipinski definition) is 6. The average molecular weight is 284 g/mol. The molecule has 0 fully saturated rings. The van der Waals surface area contributed by atoms with Gasteiger partial charge in [-0.1, -0.05) is 0 Å². The zero-order valence-corrected chi connectivity index (χ0v) is 11.3. The number of aryl methyl sites for hydroxylation is 1. The number of thiazole rings is 1. The van der Waals surface area contributed by atoms with E-state index in [0.717, 1.165) is 9.88 Å². The van der Waals surface area contributed by atoms with Crippen LogP contribution < -0.4 is 10.5 Å². The Balaban J connectivity index is 2.13. The van der Waals surface area contributed by atoms with Crippen molar-refractivity contribution in [2.75, 3.05) is 5.73 Å². The van der Waals surface area contributed by atoms with Crippen molar-refractivity contribution in [1.82, 2.24) is 14.7 Å². The number of aromatic nitrogens is 2. The van der Waals surface area contributed by atoms with E-state index in [1.165, 1.54) is 29.7 Å². The summed E-state index contributed by atoms with van der Waals surface area (Å²) in [6.45, 7) is 2.09. The van der Waals surface area contributed by atoms with E-state index in [2.05, 4.69) is 14.7 Å². The number of anilines is 1. The number of rotatable bonds is 4. The molecule has 96 valence electrons. The Labute approximate surface area is 109 Å². The molecular formula is C10H12N4O2S2. The normalized spacial score (nSPS) is 11.6. The van der Waals surface area contributed by atoms with Crippen LogP contribution in [0, 0.1) is 6.92 Å². The summed E-state index contributed by atoms with van der Waals surface area (Å²) in [5.41, 5.74) is 5.45. The van der Waals surface area contributed by atoms with Crippen LogP contribution in [0.15, 0.2) is 29.4 Å². The number of hydrogen-bond donors (Lipinski definition) is 2. The third-order valence-corrected chi connectivity index (χ3v) is 4.48. The van der Waals surface area contributed by atoms with Gasteiger partial charge in [-0.2, -0.15) is 0 Å². The van der Waals surface area contributed by atoms with E-state index in [1.54, 1.807) is 6.20 Å². The van der Waals surface area contributed by atoms with Crippen LogP contribution in [0.5, 0.6) is 0 Å². The van der Waals surface area contributed by atoms with Crippen LogP contribution >= 0.6 is 11.3 Å². The summed E-state index contributed by atoms with van der Waals surface area (Å²) in [5.74, 6) is 0.173. The molecule has 0 spiro atoms. The first-order valence-electron chi connectivity index (χ1n) is 5.10. The molecule has 0 aliphatic heterocycles. The molecule has 2 heterocycles. The minimum Gasteiger partial charge on any atom is -0.384 e. The van der Waals surface area contributed by atoms with Crippen molar-refractivity contribution in [3.05, 3.63) is 34.4 Å². The monoisotopic (exact) mass is 284 g/mol. The standard InChI is InChI=1S/C10H12N4O2S2/c1-7-13-5-8(17-7)6-14-18(15,16)9-2-3-12-10(11)4-9/h2-5,14H,6H2,1H3,(H2,11,12). The molecule has 8 heteroatoms. The van der Waals surface area contributed by atoms with Gasteiger partial charge in [0.05, 0.1) is 9.90 Å². The van der Waals surface area contributed by atoms with Gasteiger partial charge in [-0.05, 0) is 13.0 Å². The van der Waals surface area contributed by atoms with Crippen molar-refractivity contribution < 1.29 is 8.42 Å². The topological polar surface area (TPSA) is 98.0 Å². The molecule has 2 rings (SSSR count). The summed E-state index contributed by atoms with van der Waals surface area (Å²) in [7, 11) is -3.56. The van der Waals surface area contributed by atoms with E-state index in [-0.39, 0.29) is 17.3 Å². The van der Waals surface area contributed by atoms with Gasteiger partial charge in [0.2, 0.25) is 10.0 Å². The molecule has 2 aromatic rings. The highest BCUT2D eigenvalue weighted by Crippen LogP contribution is 2.14. The van der Waals surface area contributed by atoms with Gasteiger partial charge < -0.3 is 5.73 Å². The fourth-order valence-electron chi connectivity index (χ4n) is 1.33. The Morgan fingerprint density at radius 1 is 1.44 bits per heavy atom. The predicted octanol–water partition coefficient (Wildman–Crippen LogP) is 0.907. The Kier molecular flexibility index (Phi) is 3.60. The van der Waals surface area contributed by atoms with Gasteiger partial charge in [-0.3, -0.25) is 0 Å². The summed E-state index contributed by atoms with van der Waals surface area (Å²) in [4.78, 5) is 8.78. The molecule has 3 N–H and O–H groups in total. The number of nitrogens with zero attached hydrogens (tertiary/aromatic N) is 2.